The Labute approximate surface area is 147 Å². The summed E-state index contributed by atoms with van der Waals surface area (Å²) in [4.78, 5) is 20.7. The number of aliphatic carboxylic acids is 2. The summed E-state index contributed by atoms with van der Waals surface area (Å²) in [6.07, 6.45) is 21.1. The van der Waals surface area contributed by atoms with Crippen molar-refractivity contribution in [2.45, 2.75) is 103 Å². The predicted octanol–water partition coefficient (Wildman–Crippen LogP) is 5.95. The summed E-state index contributed by atoms with van der Waals surface area (Å²) in [7, 11) is 0. The van der Waals surface area contributed by atoms with Gasteiger partial charge in [-0.05, 0) is 19.3 Å². The van der Waals surface area contributed by atoms with Gasteiger partial charge in [0.25, 0.3) is 0 Å². The van der Waals surface area contributed by atoms with Gasteiger partial charge in [0.2, 0.25) is 0 Å². The topological polar surface area (TPSA) is 74.6 Å². The maximum atomic E-state index is 10.4. The van der Waals surface area contributed by atoms with Gasteiger partial charge in [0.15, 0.2) is 0 Å². The van der Waals surface area contributed by atoms with Gasteiger partial charge in [0.1, 0.15) is 0 Å². The van der Waals surface area contributed by atoms with Gasteiger partial charge >= 0.3 is 11.9 Å². The molecule has 0 rings (SSSR count). The van der Waals surface area contributed by atoms with E-state index in [2.05, 4.69) is 0 Å². The molecule has 0 aliphatic carbocycles. The van der Waals surface area contributed by atoms with Crippen LogP contribution in [0.15, 0.2) is 12.2 Å². The van der Waals surface area contributed by atoms with E-state index in [0.717, 1.165) is 25.7 Å². The Kier molecular flexibility index (Phi) is 17.0. The van der Waals surface area contributed by atoms with E-state index in [-0.39, 0.29) is 6.42 Å². The second-order valence-electron chi connectivity index (χ2n) is 6.60. The average Bonchev–Trinajstić information content (AvgIpc) is 2.53. The van der Waals surface area contributed by atoms with E-state index in [1.165, 1.54) is 64.2 Å². The third kappa shape index (κ3) is 20.7. The van der Waals surface area contributed by atoms with Gasteiger partial charge in [-0.1, -0.05) is 82.8 Å². The molecule has 4 heteroatoms. The third-order valence-corrected chi connectivity index (χ3v) is 4.22. The van der Waals surface area contributed by atoms with E-state index in [0.29, 0.717) is 6.42 Å². The molecule has 140 valence electrons. The maximum Gasteiger partial charge on any atom is 0.307 e. The smallest absolute Gasteiger partial charge is 0.307 e. The molecule has 0 amide bonds. The number of hydrogen-bond donors (Lipinski definition) is 2. The van der Waals surface area contributed by atoms with Crippen LogP contribution in [0.5, 0.6) is 0 Å². The Morgan fingerprint density at radius 2 is 0.958 bits per heavy atom. The average molecular weight is 341 g/mol. The standard InChI is InChI=1S/C20H36O4/c21-19(22)17-15-13-11-9-7-5-3-1-2-4-6-8-10-12-14-16-18-20(23)24/h13,15H,1-12,14,16-18H2,(H,21,22)(H,23,24)/b15-13+. The van der Waals surface area contributed by atoms with Crippen molar-refractivity contribution in [1.29, 1.82) is 0 Å². The normalized spacial score (nSPS) is 11.2. The lowest BCUT2D eigenvalue weighted by atomic mass is 10.0. The summed E-state index contributed by atoms with van der Waals surface area (Å²) in [6.45, 7) is 0. The van der Waals surface area contributed by atoms with Crippen LogP contribution < -0.4 is 0 Å². The van der Waals surface area contributed by atoms with Gasteiger partial charge in [-0.25, -0.2) is 0 Å². The number of carboxylic acid groups (broad SMARTS) is 2. The lowest BCUT2D eigenvalue weighted by Crippen LogP contribution is -1.93. The summed E-state index contributed by atoms with van der Waals surface area (Å²) >= 11 is 0. The Balaban J connectivity index is 3.06. The fourth-order valence-corrected chi connectivity index (χ4v) is 2.78. The molecule has 0 radical (unpaired) electrons. The summed E-state index contributed by atoms with van der Waals surface area (Å²) in [5, 5.41) is 17.0. The van der Waals surface area contributed by atoms with Gasteiger partial charge in [-0.15, -0.1) is 0 Å². The molecule has 0 aliphatic heterocycles. The number of unbranched alkanes of at least 4 members (excludes halogenated alkanes) is 13. The lowest BCUT2D eigenvalue weighted by molar-refractivity contribution is -0.137. The molecule has 0 aliphatic rings. The van der Waals surface area contributed by atoms with Crippen LogP contribution >= 0.6 is 0 Å². The van der Waals surface area contributed by atoms with Crippen LogP contribution in [0.3, 0.4) is 0 Å². The van der Waals surface area contributed by atoms with E-state index >= 15 is 0 Å². The molecule has 0 aromatic carbocycles. The number of carbonyl (C=O) groups is 2. The van der Waals surface area contributed by atoms with Gasteiger partial charge in [0, 0.05) is 6.42 Å². The monoisotopic (exact) mass is 340 g/mol. The predicted molar refractivity (Wildman–Crippen MR) is 98.3 cm³/mol. The van der Waals surface area contributed by atoms with Crippen molar-refractivity contribution < 1.29 is 19.8 Å². The van der Waals surface area contributed by atoms with Crippen LogP contribution in [0.25, 0.3) is 0 Å². The molecule has 0 bridgehead atoms. The second kappa shape index (κ2) is 18.0. The number of allylic oxidation sites excluding steroid dienone is 1. The number of hydrogen-bond acceptors (Lipinski definition) is 2. The molecule has 24 heavy (non-hydrogen) atoms. The van der Waals surface area contributed by atoms with Crippen molar-refractivity contribution in [3.8, 4) is 0 Å². The van der Waals surface area contributed by atoms with E-state index in [9.17, 15) is 9.59 Å². The van der Waals surface area contributed by atoms with Gasteiger partial charge in [-0.3, -0.25) is 9.59 Å². The molecule has 0 saturated heterocycles. The molecule has 4 nitrogen and oxygen atoms in total. The quantitative estimate of drug-likeness (QED) is 0.239. The summed E-state index contributed by atoms with van der Waals surface area (Å²) in [5.74, 6) is -1.44. The highest BCUT2D eigenvalue weighted by atomic mass is 16.4. The molecule has 0 unspecified atom stereocenters. The van der Waals surface area contributed by atoms with E-state index in [4.69, 9.17) is 10.2 Å². The zero-order valence-corrected chi connectivity index (χ0v) is 15.2. The van der Waals surface area contributed by atoms with Gasteiger partial charge < -0.3 is 10.2 Å². The Morgan fingerprint density at radius 3 is 1.38 bits per heavy atom. The maximum absolute atomic E-state index is 10.4. The van der Waals surface area contributed by atoms with Crippen LogP contribution in [0.4, 0.5) is 0 Å². The first-order valence-electron chi connectivity index (χ1n) is 9.71. The van der Waals surface area contributed by atoms with Crippen molar-refractivity contribution >= 4 is 11.9 Å². The fraction of sp³-hybridized carbons (Fsp3) is 0.800. The Morgan fingerprint density at radius 1 is 0.542 bits per heavy atom. The molecular formula is C20H36O4. The fourth-order valence-electron chi connectivity index (χ4n) is 2.78. The van der Waals surface area contributed by atoms with Crippen molar-refractivity contribution in [3.05, 3.63) is 12.2 Å². The van der Waals surface area contributed by atoms with Crippen LogP contribution in [0, 0.1) is 0 Å². The second-order valence-corrected chi connectivity index (χ2v) is 6.60. The number of rotatable bonds is 18. The van der Waals surface area contributed by atoms with Crippen LogP contribution in [-0.2, 0) is 9.59 Å². The molecule has 0 aromatic rings. The summed E-state index contributed by atoms with van der Waals surface area (Å²) < 4.78 is 0. The first-order chi connectivity index (χ1) is 11.6. The van der Waals surface area contributed by atoms with Crippen LogP contribution in [0.1, 0.15) is 103 Å². The minimum Gasteiger partial charge on any atom is -0.481 e. The van der Waals surface area contributed by atoms with E-state index in [1.54, 1.807) is 6.08 Å². The van der Waals surface area contributed by atoms with E-state index in [1.807, 2.05) is 6.08 Å². The largest absolute Gasteiger partial charge is 0.481 e. The van der Waals surface area contributed by atoms with Crippen molar-refractivity contribution in [2.75, 3.05) is 0 Å². The Bertz CT molecular complexity index is 337. The minimum absolute atomic E-state index is 0.141. The van der Waals surface area contributed by atoms with Crippen molar-refractivity contribution in [2.24, 2.45) is 0 Å². The highest BCUT2D eigenvalue weighted by Gasteiger charge is 1.97. The molecule has 0 atom stereocenters. The Hall–Kier alpha value is -1.32. The van der Waals surface area contributed by atoms with Crippen molar-refractivity contribution in [1.82, 2.24) is 0 Å². The van der Waals surface area contributed by atoms with Crippen LogP contribution in [0.2, 0.25) is 0 Å². The van der Waals surface area contributed by atoms with Gasteiger partial charge in [-0.2, -0.15) is 0 Å². The molecule has 0 heterocycles. The lowest BCUT2D eigenvalue weighted by Gasteiger charge is -2.03. The third-order valence-electron chi connectivity index (χ3n) is 4.22. The molecular weight excluding hydrogens is 304 g/mol. The first kappa shape index (κ1) is 22.7. The molecule has 0 saturated carbocycles. The zero-order valence-electron chi connectivity index (χ0n) is 15.2. The van der Waals surface area contributed by atoms with Crippen LogP contribution in [-0.4, -0.2) is 22.2 Å². The zero-order chi connectivity index (χ0) is 17.9. The highest BCUT2D eigenvalue weighted by Crippen LogP contribution is 2.13. The molecule has 0 spiro atoms. The van der Waals surface area contributed by atoms with Gasteiger partial charge in [0.05, 0.1) is 6.42 Å². The molecule has 0 fully saturated rings. The van der Waals surface area contributed by atoms with Crippen molar-refractivity contribution in [3.63, 3.8) is 0 Å². The highest BCUT2D eigenvalue weighted by molar-refractivity contribution is 5.68. The SMILES string of the molecule is O=C(O)C/C=C/CCCCCCCCCCCCCCCC(=O)O. The first-order valence-corrected chi connectivity index (χ1v) is 9.71. The summed E-state index contributed by atoms with van der Waals surface area (Å²) in [6, 6.07) is 0. The summed E-state index contributed by atoms with van der Waals surface area (Å²) in [5.41, 5.74) is 0. The number of carboxylic acids is 2. The minimum atomic E-state index is -0.760. The molecule has 2 N–H and O–H groups in total. The molecule has 0 aromatic heterocycles. The van der Waals surface area contributed by atoms with E-state index < -0.39 is 11.9 Å².